The maximum absolute atomic E-state index is 11.7. The van der Waals surface area contributed by atoms with Crippen molar-refractivity contribution in [1.29, 1.82) is 0 Å². The van der Waals surface area contributed by atoms with Crippen LogP contribution < -0.4 is 0 Å². The first-order valence-electron chi connectivity index (χ1n) is 6.19. The monoisotopic (exact) mass is 268 g/mol. The van der Waals surface area contributed by atoms with Gasteiger partial charge in [0.05, 0.1) is 12.7 Å². The number of hydrogen-bond donors (Lipinski definition) is 1. The molecule has 3 nitrogen and oxygen atoms in total. The van der Waals surface area contributed by atoms with E-state index < -0.39 is 6.10 Å². The van der Waals surface area contributed by atoms with E-state index in [4.69, 9.17) is 4.74 Å². The van der Waals surface area contributed by atoms with Crippen molar-refractivity contribution < 1.29 is 14.6 Å². The molecule has 0 radical (unpaired) electrons. The first-order valence-corrected chi connectivity index (χ1v) is 7.07. The van der Waals surface area contributed by atoms with Crippen LogP contribution in [0.25, 0.3) is 0 Å². The van der Waals surface area contributed by atoms with Crippen LogP contribution in [0.15, 0.2) is 29.2 Å². The molecule has 1 rings (SSSR count). The Morgan fingerprint density at radius 2 is 2.17 bits per heavy atom. The van der Waals surface area contributed by atoms with E-state index in [-0.39, 0.29) is 11.2 Å². The van der Waals surface area contributed by atoms with Crippen molar-refractivity contribution in [2.24, 2.45) is 0 Å². The molecule has 1 aromatic rings. The van der Waals surface area contributed by atoms with Crippen LogP contribution >= 0.6 is 11.8 Å². The zero-order chi connectivity index (χ0) is 13.5. The average molecular weight is 268 g/mol. The van der Waals surface area contributed by atoms with Gasteiger partial charge < -0.3 is 9.84 Å². The van der Waals surface area contributed by atoms with E-state index in [0.717, 1.165) is 16.9 Å². The molecule has 0 aliphatic heterocycles. The van der Waals surface area contributed by atoms with E-state index in [2.05, 4.69) is 0 Å². The summed E-state index contributed by atoms with van der Waals surface area (Å²) in [7, 11) is 0. The quantitative estimate of drug-likeness (QED) is 0.636. The fraction of sp³-hybridized carbons (Fsp3) is 0.500. The lowest BCUT2D eigenvalue weighted by molar-refractivity contribution is -0.142. The minimum Gasteiger partial charge on any atom is -0.465 e. The molecule has 0 amide bonds. The highest BCUT2D eigenvalue weighted by atomic mass is 32.2. The van der Waals surface area contributed by atoms with E-state index in [9.17, 15) is 9.90 Å². The Morgan fingerprint density at radius 3 is 2.72 bits per heavy atom. The van der Waals surface area contributed by atoms with Gasteiger partial charge in [-0.15, -0.1) is 11.8 Å². The molecule has 0 heterocycles. The van der Waals surface area contributed by atoms with E-state index >= 15 is 0 Å². The second-order valence-corrected chi connectivity index (χ2v) is 5.29. The van der Waals surface area contributed by atoms with Crippen molar-refractivity contribution in [2.45, 2.75) is 43.4 Å². The zero-order valence-corrected chi connectivity index (χ0v) is 11.9. The third-order valence-electron chi connectivity index (χ3n) is 2.54. The van der Waals surface area contributed by atoms with Crippen LogP contribution in [-0.4, -0.2) is 22.9 Å². The van der Waals surface area contributed by atoms with Gasteiger partial charge in [0.15, 0.2) is 0 Å². The van der Waals surface area contributed by atoms with Crippen molar-refractivity contribution in [3.63, 3.8) is 0 Å². The van der Waals surface area contributed by atoms with Gasteiger partial charge in [-0.25, -0.2) is 0 Å². The fourth-order valence-corrected chi connectivity index (χ4v) is 2.57. The number of rotatable bonds is 6. The van der Waals surface area contributed by atoms with Crippen molar-refractivity contribution in [2.75, 3.05) is 6.61 Å². The lowest BCUT2D eigenvalue weighted by Crippen LogP contribution is -2.19. The van der Waals surface area contributed by atoms with Crippen molar-refractivity contribution in [3.05, 3.63) is 29.8 Å². The molecule has 0 aliphatic rings. The largest absolute Gasteiger partial charge is 0.465 e. The number of hydrogen-bond acceptors (Lipinski definition) is 4. The number of benzene rings is 1. The van der Waals surface area contributed by atoms with Gasteiger partial charge in [0.1, 0.15) is 5.25 Å². The first-order chi connectivity index (χ1) is 8.58. The van der Waals surface area contributed by atoms with Gasteiger partial charge in [-0.3, -0.25) is 4.79 Å². The lowest BCUT2D eigenvalue weighted by Gasteiger charge is -2.14. The van der Waals surface area contributed by atoms with Crippen LogP contribution in [0.5, 0.6) is 0 Å². The van der Waals surface area contributed by atoms with E-state index in [1.54, 1.807) is 6.92 Å². The third-order valence-corrected chi connectivity index (χ3v) is 3.88. The van der Waals surface area contributed by atoms with Crippen LogP contribution in [-0.2, 0) is 9.53 Å². The SMILES string of the molecule is CCOC(=O)C(CC)Sc1cccc(C(C)O)c1. The highest BCUT2D eigenvalue weighted by molar-refractivity contribution is 8.00. The smallest absolute Gasteiger partial charge is 0.319 e. The minimum atomic E-state index is -0.492. The maximum Gasteiger partial charge on any atom is 0.319 e. The Kier molecular flexibility index (Phi) is 6.22. The van der Waals surface area contributed by atoms with Gasteiger partial charge >= 0.3 is 5.97 Å². The molecule has 100 valence electrons. The Balaban J connectivity index is 2.75. The summed E-state index contributed by atoms with van der Waals surface area (Å²) >= 11 is 1.48. The molecule has 18 heavy (non-hydrogen) atoms. The summed E-state index contributed by atoms with van der Waals surface area (Å²) in [5, 5.41) is 9.35. The number of carbonyl (C=O) groups is 1. The molecule has 0 aliphatic carbocycles. The summed E-state index contributed by atoms with van der Waals surface area (Å²) in [6.07, 6.45) is 0.232. The van der Waals surface area contributed by atoms with Gasteiger partial charge in [-0.05, 0) is 38.0 Å². The number of ether oxygens (including phenoxy) is 1. The van der Waals surface area contributed by atoms with Crippen LogP contribution in [0, 0.1) is 0 Å². The van der Waals surface area contributed by atoms with Crippen LogP contribution in [0.3, 0.4) is 0 Å². The van der Waals surface area contributed by atoms with E-state index in [0.29, 0.717) is 6.61 Å². The first kappa shape index (κ1) is 15.1. The van der Waals surface area contributed by atoms with Crippen LogP contribution in [0.4, 0.5) is 0 Å². The highest BCUT2D eigenvalue weighted by Crippen LogP contribution is 2.28. The predicted molar refractivity (Wildman–Crippen MR) is 73.6 cm³/mol. The maximum atomic E-state index is 11.7. The molecule has 2 unspecified atom stereocenters. The van der Waals surface area contributed by atoms with E-state index in [1.165, 1.54) is 11.8 Å². The Labute approximate surface area is 113 Å². The van der Waals surface area contributed by atoms with Crippen molar-refractivity contribution in [3.8, 4) is 0 Å². The molecule has 1 N–H and O–H groups in total. The normalized spacial score (nSPS) is 14.0. The topological polar surface area (TPSA) is 46.5 Å². The van der Waals surface area contributed by atoms with Crippen molar-refractivity contribution >= 4 is 17.7 Å². The second kappa shape index (κ2) is 7.44. The Morgan fingerprint density at radius 1 is 1.44 bits per heavy atom. The minimum absolute atomic E-state index is 0.174. The molecule has 0 fully saturated rings. The van der Waals surface area contributed by atoms with E-state index in [1.807, 2.05) is 38.1 Å². The van der Waals surface area contributed by atoms with Gasteiger partial charge in [-0.1, -0.05) is 19.1 Å². The number of carbonyl (C=O) groups excluding carboxylic acids is 1. The second-order valence-electron chi connectivity index (χ2n) is 4.02. The average Bonchev–Trinajstić information content (AvgIpc) is 2.36. The molecule has 0 saturated heterocycles. The molecular weight excluding hydrogens is 248 g/mol. The number of esters is 1. The molecular formula is C14H20O3S. The summed E-state index contributed by atoms with van der Waals surface area (Å²) in [6, 6.07) is 7.62. The molecule has 0 saturated carbocycles. The van der Waals surface area contributed by atoms with Gasteiger partial charge in [0.25, 0.3) is 0 Å². The number of aliphatic hydroxyl groups excluding tert-OH is 1. The van der Waals surface area contributed by atoms with Gasteiger partial charge in [0, 0.05) is 4.90 Å². The summed E-state index contributed by atoms with van der Waals surface area (Å²) in [5.41, 5.74) is 0.860. The van der Waals surface area contributed by atoms with Crippen LogP contribution in [0.1, 0.15) is 38.9 Å². The third kappa shape index (κ3) is 4.35. The molecule has 4 heteroatoms. The standard InChI is InChI=1S/C14H20O3S/c1-4-13(14(16)17-5-2)18-12-8-6-7-11(9-12)10(3)15/h6-10,13,15H,4-5H2,1-3H3. The number of thioether (sulfide) groups is 1. The molecule has 0 bridgehead atoms. The molecule has 2 atom stereocenters. The van der Waals surface area contributed by atoms with Gasteiger partial charge in [-0.2, -0.15) is 0 Å². The summed E-state index contributed by atoms with van der Waals surface area (Å²) in [6.45, 7) is 5.91. The highest BCUT2D eigenvalue weighted by Gasteiger charge is 2.19. The summed E-state index contributed by atoms with van der Waals surface area (Å²) in [4.78, 5) is 12.7. The fourth-order valence-electron chi connectivity index (χ4n) is 1.55. The molecule has 0 aromatic heterocycles. The van der Waals surface area contributed by atoms with Crippen molar-refractivity contribution in [1.82, 2.24) is 0 Å². The van der Waals surface area contributed by atoms with Gasteiger partial charge in [0.2, 0.25) is 0 Å². The molecule has 1 aromatic carbocycles. The Bertz CT molecular complexity index is 390. The molecule has 0 spiro atoms. The predicted octanol–water partition coefficient (Wildman–Crippen LogP) is 3.17. The summed E-state index contributed by atoms with van der Waals surface area (Å²) < 4.78 is 5.04. The number of aliphatic hydroxyl groups is 1. The lowest BCUT2D eigenvalue weighted by atomic mass is 10.1. The summed E-state index contributed by atoms with van der Waals surface area (Å²) in [5.74, 6) is -0.174. The zero-order valence-electron chi connectivity index (χ0n) is 11.1. The van der Waals surface area contributed by atoms with Crippen LogP contribution in [0.2, 0.25) is 0 Å². The Hall–Kier alpha value is -1.00.